The summed E-state index contributed by atoms with van der Waals surface area (Å²) >= 11 is 0. The Bertz CT molecular complexity index is 606. The van der Waals surface area contributed by atoms with Crippen LogP contribution < -0.4 is 5.32 Å². The van der Waals surface area contributed by atoms with Crippen molar-refractivity contribution >= 4 is 11.2 Å². The fourth-order valence-electron chi connectivity index (χ4n) is 4.09. The Morgan fingerprint density at radius 2 is 2.10 bits per heavy atom. The van der Waals surface area contributed by atoms with Crippen LogP contribution in [-0.2, 0) is 13.0 Å². The van der Waals surface area contributed by atoms with E-state index in [0.29, 0.717) is 0 Å². The van der Waals surface area contributed by atoms with Crippen molar-refractivity contribution in [3.8, 4) is 0 Å². The SMILES string of the molecule is CCn1c(CC2CC3CCC(C2)N3)nc2cccnc21. The van der Waals surface area contributed by atoms with E-state index in [1.807, 2.05) is 12.3 Å². The minimum atomic E-state index is 0.760. The Morgan fingerprint density at radius 1 is 1.30 bits per heavy atom. The number of aromatic nitrogens is 3. The van der Waals surface area contributed by atoms with Gasteiger partial charge in [0.05, 0.1) is 0 Å². The van der Waals surface area contributed by atoms with E-state index in [1.165, 1.54) is 31.5 Å². The molecule has 4 heterocycles. The Morgan fingerprint density at radius 3 is 2.85 bits per heavy atom. The molecule has 4 nitrogen and oxygen atoms in total. The molecule has 20 heavy (non-hydrogen) atoms. The van der Waals surface area contributed by atoms with Gasteiger partial charge in [-0.1, -0.05) is 0 Å². The summed E-state index contributed by atoms with van der Waals surface area (Å²) in [6.45, 7) is 3.14. The molecular formula is C16H22N4. The van der Waals surface area contributed by atoms with Crippen molar-refractivity contribution in [1.82, 2.24) is 19.9 Å². The number of hydrogen-bond acceptors (Lipinski definition) is 3. The fraction of sp³-hybridized carbons (Fsp3) is 0.625. The number of pyridine rings is 1. The molecule has 2 saturated heterocycles. The van der Waals surface area contributed by atoms with Crippen molar-refractivity contribution in [2.24, 2.45) is 5.92 Å². The Balaban J connectivity index is 1.62. The first-order valence-electron chi connectivity index (χ1n) is 7.89. The molecule has 106 valence electrons. The molecule has 0 spiro atoms. The van der Waals surface area contributed by atoms with E-state index in [0.717, 1.165) is 42.1 Å². The number of rotatable bonds is 3. The maximum Gasteiger partial charge on any atom is 0.159 e. The topological polar surface area (TPSA) is 42.7 Å². The number of hydrogen-bond donors (Lipinski definition) is 1. The molecule has 2 aliphatic heterocycles. The van der Waals surface area contributed by atoms with E-state index in [9.17, 15) is 0 Å². The van der Waals surface area contributed by atoms with E-state index in [1.54, 1.807) is 0 Å². The summed E-state index contributed by atoms with van der Waals surface area (Å²) in [6.07, 6.45) is 8.34. The van der Waals surface area contributed by atoms with E-state index >= 15 is 0 Å². The molecule has 0 amide bonds. The van der Waals surface area contributed by atoms with Crippen LogP contribution in [-0.4, -0.2) is 26.6 Å². The zero-order valence-electron chi connectivity index (χ0n) is 12.0. The molecule has 4 rings (SSSR count). The van der Waals surface area contributed by atoms with Crippen LogP contribution in [0.4, 0.5) is 0 Å². The van der Waals surface area contributed by atoms with Gasteiger partial charge in [-0.2, -0.15) is 0 Å². The highest BCUT2D eigenvalue weighted by Gasteiger charge is 2.34. The van der Waals surface area contributed by atoms with Gasteiger partial charge in [-0.25, -0.2) is 9.97 Å². The van der Waals surface area contributed by atoms with Gasteiger partial charge in [0.2, 0.25) is 0 Å². The maximum absolute atomic E-state index is 4.83. The number of piperidine rings is 1. The fourth-order valence-corrected chi connectivity index (χ4v) is 4.09. The molecule has 0 saturated carbocycles. The first kappa shape index (κ1) is 12.3. The summed E-state index contributed by atoms with van der Waals surface area (Å²) in [7, 11) is 0. The van der Waals surface area contributed by atoms with E-state index in [2.05, 4.69) is 27.9 Å². The van der Waals surface area contributed by atoms with Gasteiger partial charge in [-0.05, 0) is 50.7 Å². The predicted octanol–water partition coefficient (Wildman–Crippen LogP) is 2.52. The van der Waals surface area contributed by atoms with Crippen LogP contribution in [0.2, 0.25) is 0 Å². The number of fused-ring (bicyclic) bond motifs is 3. The van der Waals surface area contributed by atoms with Gasteiger partial charge in [0.1, 0.15) is 11.3 Å². The highest BCUT2D eigenvalue weighted by molar-refractivity contribution is 5.71. The largest absolute Gasteiger partial charge is 0.313 e. The molecular weight excluding hydrogens is 248 g/mol. The summed E-state index contributed by atoms with van der Waals surface area (Å²) in [5.41, 5.74) is 2.09. The lowest BCUT2D eigenvalue weighted by Crippen LogP contribution is -2.38. The summed E-state index contributed by atoms with van der Waals surface area (Å²) in [6, 6.07) is 5.57. The second-order valence-electron chi connectivity index (χ2n) is 6.30. The molecule has 2 bridgehead atoms. The lowest BCUT2D eigenvalue weighted by Gasteiger charge is -2.28. The average Bonchev–Trinajstić information content (AvgIpc) is 2.98. The van der Waals surface area contributed by atoms with E-state index in [-0.39, 0.29) is 0 Å². The summed E-state index contributed by atoms with van der Waals surface area (Å²) in [5.74, 6) is 2.02. The summed E-state index contributed by atoms with van der Waals surface area (Å²) in [4.78, 5) is 9.32. The molecule has 2 unspecified atom stereocenters. The monoisotopic (exact) mass is 270 g/mol. The van der Waals surface area contributed by atoms with Gasteiger partial charge >= 0.3 is 0 Å². The van der Waals surface area contributed by atoms with E-state index < -0.39 is 0 Å². The minimum absolute atomic E-state index is 0.760. The van der Waals surface area contributed by atoms with Crippen LogP contribution in [0.25, 0.3) is 11.2 Å². The van der Waals surface area contributed by atoms with Gasteiger partial charge in [-0.15, -0.1) is 0 Å². The maximum atomic E-state index is 4.83. The van der Waals surface area contributed by atoms with Crippen molar-refractivity contribution in [3.05, 3.63) is 24.2 Å². The minimum Gasteiger partial charge on any atom is -0.313 e. The van der Waals surface area contributed by atoms with Crippen molar-refractivity contribution in [1.29, 1.82) is 0 Å². The quantitative estimate of drug-likeness (QED) is 0.932. The molecule has 2 aromatic heterocycles. The van der Waals surface area contributed by atoms with Gasteiger partial charge < -0.3 is 9.88 Å². The van der Waals surface area contributed by atoms with Gasteiger partial charge in [0.25, 0.3) is 0 Å². The third-order valence-corrected chi connectivity index (χ3v) is 4.94. The molecule has 2 aromatic rings. The number of imidazole rings is 1. The van der Waals surface area contributed by atoms with Crippen LogP contribution in [0.3, 0.4) is 0 Å². The third kappa shape index (κ3) is 2.03. The lowest BCUT2D eigenvalue weighted by atomic mass is 9.89. The second-order valence-corrected chi connectivity index (χ2v) is 6.30. The predicted molar refractivity (Wildman–Crippen MR) is 79.6 cm³/mol. The smallest absolute Gasteiger partial charge is 0.159 e. The van der Waals surface area contributed by atoms with Crippen molar-refractivity contribution in [2.75, 3.05) is 0 Å². The molecule has 2 fully saturated rings. The van der Waals surface area contributed by atoms with Crippen LogP contribution in [0, 0.1) is 5.92 Å². The third-order valence-electron chi connectivity index (χ3n) is 4.94. The summed E-state index contributed by atoms with van der Waals surface area (Å²) in [5, 5.41) is 3.72. The Kier molecular flexibility index (Phi) is 2.99. The second kappa shape index (κ2) is 4.85. The number of nitrogens with one attached hydrogen (secondary N) is 1. The van der Waals surface area contributed by atoms with Crippen LogP contribution in [0.5, 0.6) is 0 Å². The van der Waals surface area contributed by atoms with E-state index in [4.69, 9.17) is 4.98 Å². The number of aryl methyl sites for hydroxylation is 1. The normalized spacial score (nSPS) is 29.1. The van der Waals surface area contributed by atoms with Crippen LogP contribution >= 0.6 is 0 Å². The zero-order valence-corrected chi connectivity index (χ0v) is 12.0. The molecule has 2 aliphatic rings. The molecule has 0 aromatic carbocycles. The molecule has 1 N–H and O–H groups in total. The molecule has 0 aliphatic carbocycles. The highest BCUT2D eigenvalue weighted by Crippen LogP contribution is 2.33. The highest BCUT2D eigenvalue weighted by atomic mass is 15.1. The Hall–Kier alpha value is -1.42. The van der Waals surface area contributed by atoms with Gasteiger partial charge in [0, 0.05) is 31.2 Å². The molecule has 2 atom stereocenters. The lowest BCUT2D eigenvalue weighted by molar-refractivity contribution is 0.293. The summed E-state index contributed by atoms with van der Waals surface area (Å²) < 4.78 is 2.29. The first-order valence-corrected chi connectivity index (χ1v) is 7.89. The van der Waals surface area contributed by atoms with Gasteiger partial charge in [-0.3, -0.25) is 0 Å². The Labute approximate surface area is 119 Å². The van der Waals surface area contributed by atoms with Crippen LogP contribution in [0.15, 0.2) is 18.3 Å². The zero-order chi connectivity index (χ0) is 13.5. The first-order chi connectivity index (χ1) is 9.83. The van der Waals surface area contributed by atoms with Crippen molar-refractivity contribution < 1.29 is 0 Å². The van der Waals surface area contributed by atoms with Crippen molar-refractivity contribution in [2.45, 2.75) is 57.7 Å². The number of nitrogens with zero attached hydrogens (tertiary/aromatic N) is 3. The molecule has 0 radical (unpaired) electrons. The van der Waals surface area contributed by atoms with Crippen LogP contribution in [0.1, 0.15) is 38.4 Å². The molecule has 4 heteroatoms. The standard InChI is InChI=1S/C16H22N4/c1-2-20-15(19-14-4-3-7-17-16(14)20)10-11-8-12-5-6-13(9-11)18-12/h3-4,7,11-13,18H,2,5-6,8-10H2,1H3. The van der Waals surface area contributed by atoms with Gasteiger partial charge in [0.15, 0.2) is 5.65 Å². The average molecular weight is 270 g/mol. The van der Waals surface area contributed by atoms with Crippen molar-refractivity contribution in [3.63, 3.8) is 0 Å².